The number of ether oxygens (including phenoxy) is 1. The second-order valence-electron chi connectivity index (χ2n) is 4.65. The number of nitrogen functional groups attached to an aromatic ring is 1. The van der Waals surface area contributed by atoms with E-state index >= 15 is 0 Å². The fourth-order valence-corrected chi connectivity index (χ4v) is 2.41. The molecule has 0 saturated carbocycles. The summed E-state index contributed by atoms with van der Waals surface area (Å²) in [6.45, 7) is 6.38. The zero-order valence-electron chi connectivity index (χ0n) is 11.3. The van der Waals surface area contributed by atoms with Gasteiger partial charge in [-0.2, -0.15) is 0 Å². The van der Waals surface area contributed by atoms with Crippen molar-refractivity contribution in [2.45, 2.75) is 27.4 Å². The monoisotopic (exact) mass is 320 g/mol. The maximum atomic E-state index is 6.00. The van der Waals surface area contributed by atoms with Crippen molar-refractivity contribution in [3.63, 3.8) is 0 Å². The van der Waals surface area contributed by atoms with Gasteiger partial charge in [-0.05, 0) is 65.5 Å². The Morgan fingerprint density at radius 3 is 2.68 bits per heavy atom. The van der Waals surface area contributed by atoms with Crippen molar-refractivity contribution in [1.29, 1.82) is 0 Å². The van der Waals surface area contributed by atoms with E-state index in [2.05, 4.69) is 20.9 Å². The van der Waals surface area contributed by atoms with Crippen molar-refractivity contribution in [1.82, 2.24) is 4.98 Å². The van der Waals surface area contributed by atoms with Crippen LogP contribution in [0, 0.1) is 20.8 Å². The molecule has 3 nitrogen and oxygen atoms in total. The Morgan fingerprint density at radius 2 is 2.00 bits per heavy atom. The zero-order valence-corrected chi connectivity index (χ0v) is 12.9. The van der Waals surface area contributed by atoms with Crippen LogP contribution >= 0.6 is 15.9 Å². The van der Waals surface area contributed by atoms with Gasteiger partial charge < -0.3 is 10.5 Å². The van der Waals surface area contributed by atoms with Crippen LogP contribution in [0.15, 0.2) is 28.9 Å². The summed E-state index contributed by atoms with van der Waals surface area (Å²) >= 11 is 3.50. The summed E-state index contributed by atoms with van der Waals surface area (Å²) in [5, 5.41) is 0. The molecule has 0 atom stereocenters. The predicted octanol–water partition coefficient (Wildman–Crippen LogP) is 3.93. The summed E-state index contributed by atoms with van der Waals surface area (Å²) in [5.74, 6) is 0.811. The molecule has 4 heteroatoms. The predicted molar refractivity (Wildman–Crippen MR) is 81.3 cm³/mol. The smallest absolute Gasteiger partial charge is 0.134 e. The van der Waals surface area contributed by atoms with Crippen LogP contribution in [-0.4, -0.2) is 4.98 Å². The van der Waals surface area contributed by atoms with Crippen LogP contribution in [0.25, 0.3) is 0 Å². The van der Waals surface area contributed by atoms with E-state index in [4.69, 9.17) is 10.5 Å². The lowest BCUT2D eigenvalue weighted by Gasteiger charge is -2.12. The van der Waals surface area contributed by atoms with Crippen molar-refractivity contribution in [3.8, 4) is 5.75 Å². The molecule has 2 N–H and O–H groups in total. The van der Waals surface area contributed by atoms with Gasteiger partial charge in [-0.15, -0.1) is 0 Å². The number of nitrogens with zero attached hydrogens (tertiary/aromatic N) is 1. The Balaban J connectivity index is 2.17. The Labute approximate surface area is 121 Å². The normalized spacial score (nSPS) is 10.5. The molecular weight excluding hydrogens is 304 g/mol. The first kappa shape index (κ1) is 13.9. The molecule has 1 heterocycles. The van der Waals surface area contributed by atoms with Crippen LogP contribution in [0.2, 0.25) is 0 Å². The summed E-state index contributed by atoms with van der Waals surface area (Å²) in [6, 6.07) is 6.00. The third kappa shape index (κ3) is 3.07. The largest absolute Gasteiger partial charge is 0.486 e. The average molecular weight is 321 g/mol. The highest BCUT2D eigenvalue weighted by Crippen LogP contribution is 2.27. The molecule has 1 aromatic heterocycles. The molecule has 0 spiro atoms. The second kappa shape index (κ2) is 5.61. The van der Waals surface area contributed by atoms with Gasteiger partial charge in [0.1, 0.15) is 12.4 Å². The molecule has 100 valence electrons. The number of anilines is 1. The van der Waals surface area contributed by atoms with E-state index in [9.17, 15) is 0 Å². The minimum atomic E-state index is 0.415. The van der Waals surface area contributed by atoms with E-state index in [1.54, 1.807) is 6.20 Å². The molecule has 19 heavy (non-hydrogen) atoms. The standard InChI is InChI=1S/C15H17BrN2O/c1-9-4-5-14(12(16)6-9)19-8-13-11(3)15(17)10(2)7-18-13/h4-7H,8H2,1-3H3,(H2,17,18). The summed E-state index contributed by atoms with van der Waals surface area (Å²) in [4.78, 5) is 4.38. The summed E-state index contributed by atoms with van der Waals surface area (Å²) in [5.41, 5.74) is 10.8. The van der Waals surface area contributed by atoms with Crippen LogP contribution in [0.4, 0.5) is 5.69 Å². The number of halogens is 1. The zero-order chi connectivity index (χ0) is 14.0. The Hall–Kier alpha value is -1.55. The molecule has 0 aliphatic rings. The molecule has 2 rings (SSSR count). The molecule has 1 aromatic carbocycles. The van der Waals surface area contributed by atoms with Crippen LogP contribution in [-0.2, 0) is 6.61 Å². The summed E-state index contributed by atoms with van der Waals surface area (Å²) in [7, 11) is 0. The number of aromatic nitrogens is 1. The van der Waals surface area contributed by atoms with E-state index in [-0.39, 0.29) is 0 Å². The lowest BCUT2D eigenvalue weighted by Crippen LogP contribution is -2.05. The van der Waals surface area contributed by atoms with Gasteiger partial charge in [-0.3, -0.25) is 4.98 Å². The quantitative estimate of drug-likeness (QED) is 0.932. The number of pyridine rings is 1. The van der Waals surface area contributed by atoms with Crippen molar-refractivity contribution in [3.05, 3.63) is 51.3 Å². The number of nitrogens with two attached hydrogens (primary N) is 1. The van der Waals surface area contributed by atoms with Gasteiger partial charge in [0, 0.05) is 11.9 Å². The van der Waals surface area contributed by atoms with E-state index in [1.807, 2.05) is 39.0 Å². The minimum absolute atomic E-state index is 0.415. The van der Waals surface area contributed by atoms with Crippen LogP contribution in [0.5, 0.6) is 5.75 Å². The second-order valence-corrected chi connectivity index (χ2v) is 5.50. The van der Waals surface area contributed by atoms with Crippen molar-refractivity contribution >= 4 is 21.6 Å². The molecule has 0 saturated heterocycles. The van der Waals surface area contributed by atoms with E-state index in [0.29, 0.717) is 6.61 Å². The van der Waals surface area contributed by atoms with E-state index < -0.39 is 0 Å². The van der Waals surface area contributed by atoms with Crippen LogP contribution < -0.4 is 10.5 Å². The third-order valence-electron chi connectivity index (χ3n) is 3.13. The number of rotatable bonds is 3. The number of hydrogen-bond acceptors (Lipinski definition) is 3. The first-order valence-electron chi connectivity index (χ1n) is 6.08. The van der Waals surface area contributed by atoms with Crippen LogP contribution in [0.3, 0.4) is 0 Å². The Morgan fingerprint density at radius 1 is 1.26 bits per heavy atom. The number of benzene rings is 1. The molecule has 0 radical (unpaired) electrons. The highest BCUT2D eigenvalue weighted by molar-refractivity contribution is 9.10. The van der Waals surface area contributed by atoms with Gasteiger partial charge in [-0.25, -0.2) is 0 Å². The lowest BCUT2D eigenvalue weighted by atomic mass is 10.1. The molecule has 0 amide bonds. The maximum absolute atomic E-state index is 6.00. The summed E-state index contributed by atoms with van der Waals surface area (Å²) in [6.07, 6.45) is 1.78. The molecule has 2 aromatic rings. The fraction of sp³-hybridized carbons (Fsp3) is 0.267. The van der Waals surface area contributed by atoms with Crippen molar-refractivity contribution in [2.24, 2.45) is 0 Å². The summed E-state index contributed by atoms with van der Waals surface area (Å²) < 4.78 is 6.74. The highest BCUT2D eigenvalue weighted by Gasteiger charge is 2.08. The van der Waals surface area contributed by atoms with Gasteiger partial charge in [0.25, 0.3) is 0 Å². The van der Waals surface area contributed by atoms with Crippen molar-refractivity contribution in [2.75, 3.05) is 5.73 Å². The molecule has 0 aliphatic carbocycles. The maximum Gasteiger partial charge on any atom is 0.134 e. The van der Waals surface area contributed by atoms with Gasteiger partial charge in [-0.1, -0.05) is 6.07 Å². The number of hydrogen-bond donors (Lipinski definition) is 1. The van der Waals surface area contributed by atoms with Crippen molar-refractivity contribution < 1.29 is 4.74 Å². The minimum Gasteiger partial charge on any atom is -0.486 e. The van der Waals surface area contributed by atoms with E-state index in [1.165, 1.54) is 5.56 Å². The topological polar surface area (TPSA) is 48.1 Å². The fourth-order valence-electron chi connectivity index (χ4n) is 1.81. The highest BCUT2D eigenvalue weighted by atomic mass is 79.9. The van der Waals surface area contributed by atoms with Gasteiger partial charge in [0.2, 0.25) is 0 Å². The molecule has 0 unspecified atom stereocenters. The van der Waals surface area contributed by atoms with Gasteiger partial charge >= 0.3 is 0 Å². The Bertz CT molecular complexity index is 611. The first-order valence-corrected chi connectivity index (χ1v) is 6.88. The average Bonchev–Trinajstić information content (AvgIpc) is 2.37. The van der Waals surface area contributed by atoms with Gasteiger partial charge in [0.15, 0.2) is 0 Å². The number of aryl methyl sites for hydroxylation is 2. The van der Waals surface area contributed by atoms with Gasteiger partial charge in [0.05, 0.1) is 10.2 Å². The Kier molecular flexibility index (Phi) is 4.10. The van der Waals surface area contributed by atoms with E-state index in [0.717, 1.165) is 32.7 Å². The third-order valence-corrected chi connectivity index (χ3v) is 3.75. The lowest BCUT2D eigenvalue weighted by molar-refractivity contribution is 0.298. The molecular formula is C15H17BrN2O. The first-order chi connectivity index (χ1) is 8.99. The molecule has 0 bridgehead atoms. The molecule has 0 fully saturated rings. The SMILES string of the molecule is Cc1ccc(OCc2ncc(C)c(N)c2C)c(Br)c1. The molecule has 0 aliphatic heterocycles. The van der Waals surface area contributed by atoms with Crippen LogP contribution in [0.1, 0.15) is 22.4 Å².